The van der Waals surface area contributed by atoms with E-state index in [4.69, 9.17) is 21.7 Å². The standard InChI is InChI=1S/C14H18F2N2O2S/c1-2-7-20-11-5-3-4-10-13(11)17-14(21)18(10)6-8-19-9-12(15)16/h3-5,12H,2,6-9H2,1H3,(H,17,21). The molecule has 0 unspecified atom stereocenters. The van der Waals surface area contributed by atoms with Crippen LogP contribution in [0.5, 0.6) is 5.75 Å². The second-order valence-corrected chi connectivity index (χ2v) is 4.93. The molecule has 1 N–H and O–H groups in total. The van der Waals surface area contributed by atoms with Crippen molar-refractivity contribution in [1.82, 2.24) is 9.55 Å². The molecule has 1 aromatic carbocycles. The molecule has 0 bridgehead atoms. The van der Waals surface area contributed by atoms with Crippen molar-refractivity contribution in [2.45, 2.75) is 26.3 Å². The van der Waals surface area contributed by atoms with E-state index in [1.54, 1.807) is 0 Å². The summed E-state index contributed by atoms with van der Waals surface area (Å²) in [6.07, 6.45) is -1.53. The summed E-state index contributed by atoms with van der Waals surface area (Å²) in [5, 5.41) is 0. The zero-order valence-electron chi connectivity index (χ0n) is 11.8. The lowest BCUT2D eigenvalue weighted by Crippen LogP contribution is -2.10. The molecule has 0 amide bonds. The predicted octanol–water partition coefficient (Wildman–Crippen LogP) is 3.77. The Hall–Kier alpha value is -1.47. The fourth-order valence-corrected chi connectivity index (χ4v) is 2.33. The van der Waals surface area contributed by atoms with Gasteiger partial charge in [-0.1, -0.05) is 13.0 Å². The Kier molecular flexibility index (Phi) is 5.69. The van der Waals surface area contributed by atoms with Crippen molar-refractivity contribution in [3.05, 3.63) is 23.0 Å². The molecule has 2 rings (SSSR count). The smallest absolute Gasteiger partial charge is 0.261 e. The lowest BCUT2D eigenvalue weighted by molar-refractivity contribution is 0.0149. The molecule has 0 aliphatic rings. The van der Waals surface area contributed by atoms with Gasteiger partial charge in [-0.3, -0.25) is 0 Å². The summed E-state index contributed by atoms with van der Waals surface area (Å²) in [5.41, 5.74) is 1.71. The highest BCUT2D eigenvalue weighted by Gasteiger charge is 2.09. The Morgan fingerprint density at radius 3 is 2.86 bits per heavy atom. The molecule has 0 saturated heterocycles. The van der Waals surface area contributed by atoms with Crippen LogP contribution in [0.4, 0.5) is 8.78 Å². The molecule has 116 valence electrons. The average molecular weight is 316 g/mol. The first-order valence-corrected chi connectivity index (χ1v) is 7.24. The summed E-state index contributed by atoms with van der Waals surface area (Å²) in [6.45, 7) is 2.71. The average Bonchev–Trinajstić information content (AvgIpc) is 2.77. The van der Waals surface area contributed by atoms with Crippen molar-refractivity contribution in [3.8, 4) is 5.75 Å². The largest absolute Gasteiger partial charge is 0.491 e. The number of aromatic amines is 1. The van der Waals surface area contributed by atoms with E-state index in [-0.39, 0.29) is 6.61 Å². The van der Waals surface area contributed by atoms with Gasteiger partial charge in [0, 0.05) is 6.54 Å². The number of nitrogens with one attached hydrogen (secondary N) is 1. The van der Waals surface area contributed by atoms with Gasteiger partial charge in [0.2, 0.25) is 0 Å². The number of hydrogen-bond donors (Lipinski definition) is 1. The highest BCUT2D eigenvalue weighted by molar-refractivity contribution is 7.71. The number of fused-ring (bicyclic) bond motifs is 1. The summed E-state index contributed by atoms with van der Waals surface area (Å²) < 4.78 is 37.0. The van der Waals surface area contributed by atoms with Crippen LogP contribution in [-0.4, -0.2) is 35.8 Å². The number of alkyl halides is 2. The van der Waals surface area contributed by atoms with Crippen LogP contribution in [0.2, 0.25) is 0 Å². The van der Waals surface area contributed by atoms with Crippen LogP contribution in [-0.2, 0) is 11.3 Å². The van der Waals surface area contributed by atoms with E-state index in [9.17, 15) is 8.78 Å². The van der Waals surface area contributed by atoms with E-state index >= 15 is 0 Å². The topological polar surface area (TPSA) is 39.2 Å². The van der Waals surface area contributed by atoms with Crippen LogP contribution in [0, 0.1) is 4.77 Å². The Morgan fingerprint density at radius 1 is 1.33 bits per heavy atom. The molecule has 4 nitrogen and oxygen atoms in total. The van der Waals surface area contributed by atoms with E-state index in [0.717, 1.165) is 23.2 Å². The van der Waals surface area contributed by atoms with Crippen molar-refractivity contribution in [1.29, 1.82) is 0 Å². The monoisotopic (exact) mass is 316 g/mol. The van der Waals surface area contributed by atoms with Crippen molar-refractivity contribution >= 4 is 23.3 Å². The van der Waals surface area contributed by atoms with Crippen LogP contribution in [0.25, 0.3) is 11.0 Å². The van der Waals surface area contributed by atoms with Crippen LogP contribution in [0.1, 0.15) is 13.3 Å². The van der Waals surface area contributed by atoms with Gasteiger partial charge in [-0.2, -0.15) is 0 Å². The van der Waals surface area contributed by atoms with Crippen LogP contribution in [0.3, 0.4) is 0 Å². The van der Waals surface area contributed by atoms with E-state index in [1.165, 1.54) is 0 Å². The Morgan fingerprint density at radius 2 is 2.14 bits per heavy atom. The van der Waals surface area contributed by atoms with Crippen molar-refractivity contribution in [2.75, 3.05) is 19.8 Å². The third-order valence-corrected chi connectivity index (χ3v) is 3.26. The molecule has 0 fully saturated rings. The first-order chi connectivity index (χ1) is 10.1. The number of para-hydroxylation sites is 1. The molecule has 0 aliphatic carbocycles. The second kappa shape index (κ2) is 7.51. The molecule has 7 heteroatoms. The lowest BCUT2D eigenvalue weighted by Gasteiger charge is -2.07. The maximum Gasteiger partial charge on any atom is 0.261 e. The maximum atomic E-state index is 12.0. The molecule has 21 heavy (non-hydrogen) atoms. The molecule has 0 atom stereocenters. The number of ether oxygens (including phenoxy) is 2. The number of halogens is 2. The van der Waals surface area contributed by atoms with E-state index in [1.807, 2.05) is 29.7 Å². The highest BCUT2D eigenvalue weighted by Crippen LogP contribution is 2.25. The third-order valence-electron chi connectivity index (χ3n) is 2.94. The lowest BCUT2D eigenvalue weighted by atomic mass is 10.3. The minimum atomic E-state index is -2.45. The fourth-order valence-electron chi connectivity index (χ4n) is 2.04. The summed E-state index contributed by atoms with van der Waals surface area (Å²) in [5.74, 6) is 0.743. The number of hydrogen-bond acceptors (Lipinski definition) is 3. The number of imidazole rings is 1. The Labute approximate surface area is 126 Å². The van der Waals surface area contributed by atoms with Crippen LogP contribution < -0.4 is 4.74 Å². The zero-order valence-corrected chi connectivity index (χ0v) is 12.6. The molecular weight excluding hydrogens is 298 g/mol. The van der Waals surface area contributed by atoms with Gasteiger partial charge < -0.3 is 19.0 Å². The molecule has 0 saturated carbocycles. The molecule has 1 heterocycles. The molecule has 2 aromatic rings. The number of benzene rings is 1. The highest BCUT2D eigenvalue weighted by atomic mass is 32.1. The van der Waals surface area contributed by atoms with Gasteiger partial charge in [0.25, 0.3) is 6.43 Å². The normalized spacial score (nSPS) is 11.4. The van der Waals surface area contributed by atoms with Gasteiger partial charge in [-0.15, -0.1) is 0 Å². The van der Waals surface area contributed by atoms with Crippen LogP contribution >= 0.6 is 12.2 Å². The second-order valence-electron chi connectivity index (χ2n) is 4.55. The minimum absolute atomic E-state index is 0.186. The number of nitrogens with zero attached hydrogens (tertiary/aromatic N) is 1. The zero-order chi connectivity index (χ0) is 15.2. The Balaban J connectivity index is 2.16. The first kappa shape index (κ1) is 15.9. The Bertz CT molecular complexity index is 639. The summed E-state index contributed by atoms with van der Waals surface area (Å²) in [7, 11) is 0. The van der Waals surface area contributed by atoms with Gasteiger partial charge in [-0.25, -0.2) is 8.78 Å². The van der Waals surface area contributed by atoms with Crippen LogP contribution in [0.15, 0.2) is 18.2 Å². The molecular formula is C14H18F2N2O2S. The van der Waals surface area contributed by atoms with E-state index in [2.05, 4.69) is 4.98 Å². The molecule has 1 aromatic heterocycles. The summed E-state index contributed by atoms with van der Waals surface area (Å²) in [6, 6.07) is 5.67. The molecule has 0 aliphatic heterocycles. The fraction of sp³-hybridized carbons (Fsp3) is 0.500. The van der Waals surface area contributed by atoms with Gasteiger partial charge in [0.05, 0.1) is 18.7 Å². The quantitative estimate of drug-likeness (QED) is 0.595. The summed E-state index contributed by atoms with van der Waals surface area (Å²) in [4.78, 5) is 3.10. The van der Waals surface area contributed by atoms with E-state index in [0.29, 0.717) is 17.9 Å². The van der Waals surface area contributed by atoms with Crippen molar-refractivity contribution in [3.63, 3.8) is 0 Å². The van der Waals surface area contributed by atoms with Gasteiger partial charge >= 0.3 is 0 Å². The summed E-state index contributed by atoms with van der Waals surface area (Å²) >= 11 is 5.27. The molecule has 0 spiro atoms. The predicted molar refractivity (Wildman–Crippen MR) is 79.7 cm³/mol. The number of rotatable bonds is 8. The SMILES string of the molecule is CCCOc1cccc2c1[nH]c(=S)n2CCOCC(F)F. The third kappa shape index (κ3) is 4.01. The minimum Gasteiger partial charge on any atom is -0.491 e. The van der Waals surface area contributed by atoms with E-state index < -0.39 is 13.0 Å². The van der Waals surface area contributed by atoms with Gasteiger partial charge in [0.1, 0.15) is 17.9 Å². The van der Waals surface area contributed by atoms with Crippen molar-refractivity contribution < 1.29 is 18.3 Å². The number of aromatic nitrogens is 2. The molecule has 0 radical (unpaired) electrons. The maximum absolute atomic E-state index is 12.0. The van der Waals surface area contributed by atoms with Gasteiger partial charge in [0.15, 0.2) is 4.77 Å². The first-order valence-electron chi connectivity index (χ1n) is 6.83. The van der Waals surface area contributed by atoms with Crippen molar-refractivity contribution in [2.24, 2.45) is 0 Å². The van der Waals surface area contributed by atoms with Gasteiger partial charge in [-0.05, 0) is 30.8 Å². The number of H-pyrrole nitrogens is 1.